The van der Waals surface area contributed by atoms with E-state index < -0.39 is 0 Å². The molecule has 7 nitrogen and oxygen atoms in total. The van der Waals surface area contributed by atoms with Gasteiger partial charge in [-0.25, -0.2) is 4.79 Å². The Hall–Kier alpha value is -3.22. The lowest BCUT2D eigenvalue weighted by Crippen LogP contribution is -2.34. The molecule has 1 unspecified atom stereocenters. The minimum Gasteiger partial charge on any atom is -0.494 e. The number of rotatable bonds is 8. The van der Waals surface area contributed by atoms with Crippen molar-refractivity contribution in [1.29, 1.82) is 0 Å². The number of benzene rings is 2. The third-order valence-corrected chi connectivity index (χ3v) is 4.65. The Bertz CT molecular complexity index is 838. The van der Waals surface area contributed by atoms with Crippen LogP contribution in [0.5, 0.6) is 11.5 Å². The second kappa shape index (κ2) is 9.82. The zero-order valence-electron chi connectivity index (χ0n) is 16.8. The lowest BCUT2D eigenvalue weighted by molar-refractivity contribution is -0.117. The van der Waals surface area contributed by atoms with Crippen molar-refractivity contribution in [3.8, 4) is 11.5 Å². The molecule has 1 fully saturated rings. The monoisotopic (exact) mass is 397 g/mol. The maximum absolute atomic E-state index is 12.4. The van der Waals surface area contributed by atoms with Gasteiger partial charge in [-0.1, -0.05) is 12.1 Å². The van der Waals surface area contributed by atoms with Crippen LogP contribution in [0.2, 0.25) is 0 Å². The summed E-state index contributed by atoms with van der Waals surface area (Å²) in [6, 6.07) is 14.5. The van der Waals surface area contributed by atoms with Gasteiger partial charge in [0.25, 0.3) is 0 Å². The van der Waals surface area contributed by atoms with Crippen LogP contribution in [-0.2, 0) is 4.79 Å². The maximum atomic E-state index is 12.4. The molecule has 154 valence electrons. The molecule has 2 N–H and O–H groups in total. The fourth-order valence-corrected chi connectivity index (χ4v) is 3.31. The second-order valence-corrected chi connectivity index (χ2v) is 6.77. The third-order valence-electron chi connectivity index (χ3n) is 4.65. The fraction of sp³-hybridized carbons (Fsp3) is 0.364. The Balaban J connectivity index is 1.51. The highest BCUT2D eigenvalue weighted by molar-refractivity contribution is 5.96. The van der Waals surface area contributed by atoms with Gasteiger partial charge in [-0.2, -0.15) is 0 Å². The predicted molar refractivity (Wildman–Crippen MR) is 113 cm³/mol. The summed E-state index contributed by atoms with van der Waals surface area (Å²) in [6.07, 6.45) is 0.406. The van der Waals surface area contributed by atoms with Gasteiger partial charge in [-0.05, 0) is 50.2 Å². The van der Waals surface area contributed by atoms with E-state index in [1.807, 2.05) is 56.3 Å². The molecule has 1 aliphatic rings. The van der Waals surface area contributed by atoms with Crippen LogP contribution in [0.4, 0.5) is 16.2 Å². The van der Waals surface area contributed by atoms with Crippen LogP contribution >= 0.6 is 0 Å². The number of hydrogen-bond donors (Lipinski definition) is 2. The Labute approximate surface area is 171 Å². The van der Waals surface area contributed by atoms with Crippen molar-refractivity contribution in [2.45, 2.75) is 20.3 Å². The van der Waals surface area contributed by atoms with Crippen LogP contribution in [0.15, 0.2) is 48.5 Å². The maximum Gasteiger partial charge on any atom is 0.319 e. The summed E-state index contributed by atoms with van der Waals surface area (Å²) in [4.78, 5) is 26.4. The zero-order valence-corrected chi connectivity index (χ0v) is 16.8. The van der Waals surface area contributed by atoms with E-state index in [0.717, 1.165) is 11.4 Å². The highest BCUT2D eigenvalue weighted by atomic mass is 16.5. The molecular weight excluding hydrogens is 370 g/mol. The predicted octanol–water partition coefficient (Wildman–Crippen LogP) is 3.66. The Morgan fingerprint density at radius 1 is 1.07 bits per heavy atom. The minimum absolute atomic E-state index is 0.0574. The van der Waals surface area contributed by atoms with E-state index in [9.17, 15) is 9.59 Å². The van der Waals surface area contributed by atoms with Gasteiger partial charge in [0.2, 0.25) is 5.91 Å². The highest BCUT2D eigenvalue weighted by Gasteiger charge is 2.30. The SMILES string of the molecule is CCOc1ccc(N2CC(CNC(=O)Nc3ccccc3OCC)CC2=O)cc1. The first-order chi connectivity index (χ1) is 14.1. The van der Waals surface area contributed by atoms with Crippen LogP contribution < -0.4 is 25.0 Å². The van der Waals surface area contributed by atoms with E-state index in [1.54, 1.807) is 11.0 Å². The largest absolute Gasteiger partial charge is 0.494 e. The van der Waals surface area contributed by atoms with Crippen LogP contribution in [0.1, 0.15) is 20.3 Å². The number of carbonyl (C=O) groups excluding carboxylic acids is 2. The molecule has 7 heteroatoms. The number of urea groups is 1. The van der Waals surface area contributed by atoms with Gasteiger partial charge in [0, 0.05) is 31.1 Å². The average molecular weight is 397 g/mol. The van der Waals surface area contributed by atoms with Crippen molar-refractivity contribution >= 4 is 23.3 Å². The van der Waals surface area contributed by atoms with Crippen LogP contribution in [0, 0.1) is 5.92 Å². The number of ether oxygens (including phenoxy) is 2. The molecule has 0 aromatic heterocycles. The number of nitrogens with one attached hydrogen (secondary N) is 2. The molecule has 0 aliphatic carbocycles. The van der Waals surface area contributed by atoms with Crippen molar-refractivity contribution in [3.63, 3.8) is 0 Å². The summed E-state index contributed by atoms with van der Waals surface area (Å²) in [5.41, 5.74) is 1.46. The quantitative estimate of drug-likeness (QED) is 0.712. The van der Waals surface area contributed by atoms with Crippen molar-refractivity contribution in [2.75, 3.05) is 36.5 Å². The van der Waals surface area contributed by atoms with Gasteiger partial charge in [0.05, 0.1) is 18.9 Å². The lowest BCUT2D eigenvalue weighted by Gasteiger charge is -2.18. The summed E-state index contributed by atoms with van der Waals surface area (Å²) in [6.45, 7) is 5.94. The van der Waals surface area contributed by atoms with Gasteiger partial charge in [0.1, 0.15) is 11.5 Å². The summed E-state index contributed by atoms with van der Waals surface area (Å²) >= 11 is 0. The molecule has 0 bridgehead atoms. The first-order valence-corrected chi connectivity index (χ1v) is 9.90. The molecule has 1 aliphatic heterocycles. The van der Waals surface area contributed by atoms with E-state index in [4.69, 9.17) is 9.47 Å². The number of anilines is 2. The van der Waals surface area contributed by atoms with Crippen molar-refractivity contribution < 1.29 is 19.1 Å². The Morgan fingerprint density at radius 2 is 1.79 bits per heavy atom. The molecule has 1 saturated heterocycles. The first kappa shape index (κ1) is 20.5. The smallest absolute Gasteiger partial charge is 0.319 e. The van der Waals surface area contributed by atoms with Crippen LogP contribution in [0.3, 0.4) is 0 Å². The van der Waals surface area contributed by atoms with Gasteiger partial charge >= 0.3 is 6.03 Å². The standard InChI is InChI=1S/C22H27N3O4/c1-3-28-18-11-9-17(10-12-18)25-15-16(13-21(25)26)14-23-22(27)24-19-7-5-6-8-20(19)29-4-2/h5-12,16H,3-4,13-15H2,1-2H3,(H2,23,24,27). The molecule has 3 amide bonds. The molecule has 2 aromatic carbocycles. The number of amides is 3. The Kier molecular flexibility index (Phi) is 6.94. The van der Waals surface area contributed by atoms with Crippen LogP contribution in [0.25, 0.3) is 0 Å². The van der Waals surface area contributed by atoms with Crippen LogP contribution in [-0.4, -0.2) is 38.2 Å². The second-order valence-electron chi connectivity index (χ2n) is 6.77. The summed E-state index contributed by atoms with van der Waals surface area (Å²) in [5, 5.41) is 5.66. The van der Waals surface area contributed by atoms with Crippen molar-refractivity contribution in [3.05, 3.63) is 48.5 Å². The third kappa shape index (κ3) is 5.40. The molecule has 29 heavy (non-hydrogen) atoms. The number of carbonyl (C=O) groups is 2. The molecular formula is C22H27N3O4. The first-order valence-electron chi connectivity index (χ1n) is 9.90. The average Bonchev–Trinajstić information content (AvgIpc) is 3.10. The zero-order chi connectivity index (χ0) is 20.6. The van der Waals surface area contributed by atoms with E-state index in [2.05, 4.69) is 10.6 Å². The highest BCUT2D eigenvalue weighted by Crippen LogP contribution is 2.27. The molecule has 0 saturated carbocycles. The minimum atomic E-state index is -0.316. The lowest BCUT2D eigenvalue weighted by atomic mass is 10.1. The van der Waals surface area contributed by atoms with Gasteiger partial charge in [-0.15, -0.1) is 0 Å². The number of hydrogen-bond acceptors (Lipinski definition) is 4. The van der Waals surface area contributed by atoms with Gasteiger partial charge in [-0.3, -0.25) is 4.79 Å². The van der Waals surface area contributed by atoms with E-state index in [-0.39, 0.29) is 17.9 Å². The molecule has 1 atom stereocenters. The molecule has 1 heterocycles. The van der Waals surface area contributed by atoms with E-state index >= 15 is 0 Å². The summed E-state index contributed by atoms with van der Waals surface area (Å²) < 4.78 is 11.0. The molecule has 2 aromatic rings. The number of para-hydroxylation sites is 2. The topological polar surface area (TPSA) is 79.9 Å². The molecule has 3 rings (SSSR count). The van der Waals surface area contributed by atoms with Crippen molar-refractivity contribution in [2.24, 2.45) is 5.92 Å². The molecule has 0 radical (unpaired) electrons. The Morgan fingerprint density at radius 3 is 2.52 bits per heavy atom. The fourth-order valence-electron chi connectivity index (χ4n) is 3.31. The number of nitrogens with zero attached hydrogens (tertiary/aromatic N) is 1. The van der Waals surface area contributed by atoms with E-state index in [1.165, 1.54) is 0 Å². The van der Waals surface area contributed by atoms with Gasteiger partial charge in [0.15, 0.2) is 0 Å². The van der Waals surface area contributed by atoms with Crippen molar-refractivity contribution in [1.82, 2.24) is 5.32 Å². The van der Waals surface area contributed by atoms with Gasteiger partial charge < -0.3 is 25.0 Å². The summed E-state index contributed by atoms with van der Waals surface area (Å²) in [5.74, 6) is 1.53. The normalized spacial score (nSPS) is 15.9. The molecule has 0 spiro atoms. The van der Waals surface area contributed by atoms with E-state index in [0.29, 0.717) is 44.2 Å². The summed E-state index contributed by atoms with van der Waals surface area (Å²) in [7, 11) is 0.